The maximum Gasteiger partial charge on any atom is 0.103 e. The van der Waals surface area contributed by atoms with Gasteiger partial charge in [-0.05, 0) is 12.1 Å². The molecule has 0 bridgehead atoms. The minimum atomic E-state index is 0. The van der Waals surface area contributed by atoms with Gasteiger partial charge in [0.05, 0.1) is 0 Å². The quantitative estimate of drug-likeness (QED) is 0.443. The van der Waals surface area contributed by atoms with E-state index in [1.54, 1.807) is 0 Å². The van der Waals surface area contributed by atoms with Crippen molar-refractivity contribution in [1.29, 1.82) is 0 Å². The van der Waals surface area contributed by atoms with Gasteiger partial charge in [0, 0.05) is 53.1 Å². The molecule has 1 N–H and O–H groups in total. The maximum absolute atomic E-state index is 4.76. The predicted octanol–water partition coefficient (Wildman–Crippen LogP) is 0.983. The Hall–Kier alpha value is 0.902. The van der Waals surface area contributed by atoms with Crippen molar-refractivity contribution in [3.63, 3.8) is 0 Å². The van der Waals surface area contributed by atoms with E-state index in [0.717, 1.165) is 4.64 Å². The van der Waals surface area contributed by atoms with Crippen LogP contribution in [0.2, 0.25) is 0 Å². The van der Waals surface area contributed by atoms with Gasteiger partial charge >= 0.3 is 0 Å². The molecule has 0 amide bonds. The summed E-state index contributed by atoms with van der Waals surface area (Å²) in [7, 11) is 0. The van der Waals surface area contributed by atoms with Crippen LogP contribution in [-0.2, 0) is 0 Å². The Balaban J connectivity index is 0. The van der Waals surface area contributed by atoms with Crippen LogP contribution in [0.25, 0.3) is 0 Å². The molecule has 0 saturated heterocycles. The first-order valence-corrected chi connectivity index (χ1v) is 2.44. The van der Waals surface area contributed by atoms with Gasteiger partial charge in [-0.2, -0.15) is 0 Å². The number of H-pyrrole nitrogens is 1. The fourth-order valence-corrected chi connectivity index (χ4v) is 0.523. The molecular formula is C5H5AlNNaS. The summed E-state index contributed by atoms with van der Waals surface area (Å²) < 4.78 is 0.780. The molecule has 1 aromatic rings. The molecule has 1 rings (SSSR count). The summed E-state index contributed by atoms with van der Waals surface area (Å²) in [5.74, 6) is 0. The summed E-state index contributed by atoms with van der Waals surface area (Å²) in [5, 5.41) is 0. The van der Waals surface area contributed by atoms with Crippen molar-refractivity contribution in [3.8, 4) is 0 Å². The zero-order chi connectivity index (χ0) is 5.11. The summed E-state index contributed by atoms with van der Waals surface area (Å²) in [6, 6.07) is 5.64. The van der Waals surface area contributed by atoms with Gasteiger partial charge in [0.1, 0.15) is 4.64 Å². The molecule has 1 nitrogen and oxygen atoms in total. The topological polar surface area (TPSA) is 15.8 Å². The number of hydrogen-bond acceptors (Lipinski definition) is 1. The smallest absolute Gasteiger partial charge is 0.103 e. The Labute approximate surface area is 92.3 Å². The van der Waals surface area contributed by atoms with Gasteiger partial charge in [0.25, 0.3) is 0 Å². The summed E-state index contributed by atoms with van der Waals surface area (Å²) in [4.78, 5) is 2.85. The summed E-state index contributed by atoms with van der Waals surface area (Å²) in [6.07, 6.45) is 1.81. The third-order valence-electron chi connectivity index (χ3n) is 0.681. The van der Waals surface area contributed by atoms with Crippen molar-refractivity contribution in [1.82, 2.24) is 4.98 Å². The predicted molar refractivity (Wildman–Crippen MR) is 43.1 cm³/mol. The second-order valence-electron chi connectivity index (χ2n) is 1.23. The van der Waals surface area contributed by atoms with Gasteiger partial charge in [-0.15, -0.1) is 0 Å². The third-order valence-corrected chi connectivity index (χ3v) is 0.934. The Morgan fingerprint density at radius 2 is 2.00 bits per heavy atom. The minimum Gasteiger partial charge on any atom is -0.353 e. The van der Waals surface area contributed by atoms with Gasteiger partial charge < -0.3 is 4.98 Å². The molecule has 4 radical (unpaired) electrons. The largest absolute Gasteiger partial charge is 0.353 e. The van der Waals surface area contributed by atoms with Crippen LogP contribution in [0, 0.1) is 4.64 Å². The number of pyridine rings is 1. The Morgan fingerprint density at radius 3 is 2.22 bits per heavy atom. The van der Waals surface area contributed by atoms with E-state index in [4.69, 9.17) is 12.2 Å². The maximum atomic E-state index is 4.76. The van der Waals surface area contributed by atoms with Gasteiger partial charge in [-0.3, -0.25) is 0 Å². The molecule has 1 heterocycles. The van der Waals surface area contributed by atoms with Crippen molar-refractivity contribution in [3.05, 3.63) is 29.0 Å². The average Bonchev–Trinajstić information content (AvgIpc) is 1.69. The van der Waals surface area contributed by atoms with Crippen LogP contribution in [0.15, 0.2) is 24.4 Å². The molecule has 4 heteroatoms. The van der Waals surface area contributed by atoms with E-state index in [9.17, 15) is 0 Å². The normalized spacial score (nSPS) is 6.67. The van der Waals surface area contributed by atoms with Gasteiger partial charge in [0.15, 0.2) is 0 Å². The molecule has 0 unspecified atom stereocenters. The third kappa shape index (κ3) is 5.35. The zero-order valence-corrected chi connectivity index (χ0v) is 9.27. The Kier molecular flexibility index (Phi) is 9.80. The van der Waals surface area contributed by atoms with Crippen LogP contribution < -0.4 is 0 Å². The molecule has 0 aliphatic rings. The van der Waals surface area contributed by atoms with E-state index in [0.29, 0.717) is 0 Å². The van der Waals surface area contributed by atoms with Crippen molar-refractivity contribution < 1.29 is 0 Å². The van der Waals surface area contributed by atoms with Crippen LogP contribution in [0.4, 0.5) is 0 Å². The van der Waals surface area contributed by atoms with Gasteiger partial charge in [0.2, 0.25) is 0 Å². The van der Waals surface area contributed by atoms with Crippen LogP contribution in [0.3, 0.4) is 0 Å². The van der Waals surface area contributed by atoms with Gasteiger partial charge in [-0.1, -0.05) is 18.3 Å². The fraction of sp³-hybridized carbons (Fsp3) is 0. The first-order chi connectivity index (χ1) is 3.39. The zero-order valence-electron chi connectivity index (χ0n) is 5.29. The van der Waals surface area contributed by atoms with E-state index >= 15 is 0 Å². The van der Waals surface area contributed by atoms with Crippen molar-refractivity contribution in [2.75, 3.05) is 0 Å². The fourth-order valence-electron chi connectivity index (χ4n) is 0.377. The molecule has 0 aliphatic carbocycles. The summed E-state index contributed by atoms with van der Waals surface area (Å²) in [5.41, 5.74) is 0. The molecule has 1 aromatic heterocycles. The second-order valence-corrected chi connectivity index (χ2v) is 1.67. The molecule has 0 saturated carbocycles. The number of aromatic amines is 1. The van der Waals surface area contributed by atoms with E-state index < -0.39 is 0 Å². The number of hydrogen-bond donors (Lipinski definition) is 1. The first kappa shape index (κ1) is 12.6. The van der Waals surface area contributed by atoms with Gasteiger partial charge in [-0.25, -0.2) is 0 Å². The van der Waals surface area contributed by atoms with Crippen molar-refractivity contribution in [2.24, 2.45) is 0 Å². The summed E-state index contributed by atoms with van der Waals surface area (Å²) in [6.45, 7) is 0. The monoisotopic (exact) mass is 161 g/mol. The molecule has 0 aliphatic heterocycles. The first-order valence-electron chi connectivity index (χ1n) is 2.03. The summed E-state index contributed by atoms with van der Waals surface area (Å²) >= 11 is 4.76. The van der Waals surface area contributed by atoms with Crippen LogP contribution >= 0.6 is 12.2 Å². The average molecular weight is 161 g/mol. The van der Waals surface area contributed by atoms with Crippen LogP contribution in [-0.4, -0.2) is 51.9 Å². The van der Waals surface area contributed by atoms with Crippen molar-refractivity contribution >= 4 is 59.1 Å². The molecule has 40 valence electrons. The molecule has 9 heavy (non-hydrogen) atoms. The van der Waals surface area contributed by atoms with E-state index in [1.165, 1.54) is 0 Å². The van der Waals surface area contributed by atoms with Crippen LogP contribution in [0.1, 0.15) is 0 Å². The molecule has 0 aromatic carbocycles. The van der Waals surface area contributed by atoms with E-state index in [2.05, 4.69) is 4.98 Å². The standard InChI is InChI=1S/C5H5NS.Al.Na/c7-5-3-1-2-4-6-5;;/h1-4H,(H,6,7);;. The van der Waals surface area contributed by atoms with E-state index in [-0.39, 0.29) is 46.9 Å². The molecule has 0 spiro atoms. The molecule has 0 atom stereocenters. The minimum absolute atomic E-state index is 0. The Morgan fingerprint density at radius 1 is 1.33 bits per heavy atom. The number of rotatable bonds is 0. The SMILES string of the molecule is S=c1cccc[nH]1.[Al].[Na]. The molecular weight excluding hydrogens is 156 g/mol. The second kappa shape index (κ2) is 7.01. The van der Waals surface area contributed by atoms with E-state index in [1.807, 2.05) is 24.4 Å². The molecule has 0 fully saturated rings. The number of aromatic nitrogens is 1. The Bertz CT molecular complexity index is 183. The van der Waals surface area contributed by atoms with Crippen molar-refractivity contribution in [2.45, 2.75) is 0 Å². The number of nitrogens with one attached hydrogen (secondary N) is 1. The van der Waals surface area contributed by atoms with Crippen LogP contribution in [0.5, 0.6) is 0 Å².